The Balaban J connectivity index is 2.83. The molecule has 0 aliphatic carbocycles. The van der Waals surface area contributed by atoms with Gasteiger partial charge >= 0.3 is 11.9 Å². The predicted octanol–water partition coefficient (Wildman–Crippen LogP) is 1.65. The van der Waals surface area contributed by atoms with Crippen LogP contribution < -0.4 is 0 Å². The summed E-state index contributed by atoms with van der Waals surface area (Å²) in [5.41, 5.74) is 0.0809. The maximum atomic E-state index is 12.7. The van der Waals surface area contributed by atoms with Gasteiger partial charge in [0, 0.05) is 6.42 Å². The first-order valence-corrected chi connectivity index (χ1v) is 3.81. The zero-order valence-electron chi connectivity index (χ0n) is 7.08. The van der Waals surface area contributed by atoms with Gasteiger partial charge in [-0.2, -0.15) is 8.78 Å². The largest absolute Gasteiger partial charge is 0.508 e. The summed E-state index contributed by atoms with van der Waals surface area (Å²) in [5.74, 6) is -6.13. The average molecular weight is 202 g/mol. The molecule has 2 N–H and O–H groups in total. The molecule has 0 heterocycles. The summed E-state index contributed by atoms with van der Waals surface area (Å²) in [5, 5.41) is 17.1. The van der Waals surface area contributed by atoms with Crippen LogP contribution in [-0.4, -0.2) is 22.1 Å². The lowest BCUT2D eigenvalue weighted by atomic mass is 10.1. The Kier molecular flexibility index (Phi) is 2.69. The van der Waals surface area contributed by atoms with Crippen LogP contribution in [0.4, 0.5) is 8.78 Å². The Morgan fingerprint density at radius 3 is 2.57 bits per heavy atom. The van der Waals surface area contributed by atoms with Gasteiger partial charge in [0.25, 0.3) is 0 Å². The number of carbonyl (C=O) groups is 1. The molecule has 0 aliphatic heterocycles. The summed E-state index contributed by atoms with van der Waals surface area (Å²) in [6.45, 7) is 0. The molecule has 0 aromatic heterocycles. The van der Waals surface area contributed by atoms with Crippen LogP contribution in [-0.2, 0) is 11.2 Å². The Labute approximate surface area is 78.6 Å². The summed E-state index contributed by atoms with van der Waals surface area (Å²) < 4.78 is 25.4. The van der Waals surface area contributed by atoms with E-state index in [4.69, 9.17) is 10.2 Å². The molecule has 0 radical (unpaired) electrons. The van der Waals surface area contributed by atoms with Crippen molar-refractivity contribution in [3.8, 4) is 5.75 Å². The molecule has 0 fully saturated rings. The smallest absolute Gasteiger partial charge is 0.374 e. The molecule has 1 rings (SSSR count). The van der Waals surface area contributed by atoms with E-state index in [9.17, 15) is 13.6 Å². The highest BCUT2D eigenvalue weighted by atomic mass is 19.3. The number of hydrogen-bond donors (Lipinski definition) is 2. The third kappa shape index (κ3) is 2.42. The van der Waals surface area contributed by atoms with Gasteiger partial charge in [0.2, 0.25) is 0 Å². The molecule has 5 heteroatoms. The van der Waals surface area contributed by atoms with Crippen molar-refractivity contribution in [3.05, 3.63) is 29.8 Å². The second kappa shape index (κ2) is 3.61. The standard InChI is InChI=1S/C9H8F2O3/c10-9(11,8(13)14)5-6-2-1-3-7(12)4-6/h1-4,12H,5H2,(H,13,14). The molecular formula is C9H8F2O3. The summed E-state index contributed by atoms with van der Waals surface area (Å²) in [6.07, 6.45) is -0.920. The summed E-state index contributed by atoms with van der Waals surface area (Å²) in [7, 11) is 0. The van der Waals surface area contributed by atoms with Crippen LogP contribution in [0, 0.1) is 0 Å². The molecule has 0 aliphatic rings. The first-order chi connectivity index (χ1) is 6.42. The predicted molar refractivity (Wildman–Crippen MR) is 44.4 cm³/mol. The minimum Gasteiger partial charge on any atom is -0.508 e. The highest BCUT2D eigenvalue weighted by Crippen LogP contribution is 2.22. The lowest BCUT2D eigenvalue weighted by Gasteiger charge is -2.10. The summed E-state index contributed by atoms with van der Waals surface area (Å²) in [4.78, 5) is 10.1. The van der Waals surface area contributed by atoms with Crippen molar-refractivity contribution in [2.45, 2.75) is 12.3 Å². The maximum Gasteiger partial charge on any atom is 0.374 e. The van der Waals surface area contributed by atoms with E-state index >= 15 is 0 Å². The van der Waals surface area contributed by atoms with E-state index in [1.54, 1.807) is 0 Å². The second-order valence-corrected chi connectivity index (χ2v) is 2.86. The van der Waals surface area contributed by atoms with E-state index in [0.717, 1.165) is 6.07 Å². The number of carboxylic acids is 1. The lowest BCUT2D eigenvalue weighted by molar-refractivity contribution is -0.164. The van der Waals surface area contributed by atoms with Crippen LogP contribution in [0.2, 0.25) is 0 Å². The Bertz CT molecular complexity index is 350. The highest BCUT2D eigenvalue weighted by molar-refractivity contribution is 5.75. The van der Waals surface area contributed by atoms with Gasteiger partial charge in [-0.1, -0.05) is 12.1 Å². The Morgan fingerprint density at radius 1 is 1.43 bits per heavy atom. The molecule has 1 aromatic rings. The van der Waals surface area contributed by atoms with Crippen molar-refractivity contribution < 1.29 is 23.8 Å². The zero-order valence-corrected chi connectivity index (χ0v) is 7.08. The van der Waals surface area contributed by atoms with Crippen molar-refractivity contribution in [2.75, 3.05) is 0 Å². The molecule has 0 saturated heterocycles. The van der Waals surface area contributed by atoms with Gasteiger partial charge in [-0.05, 0) is 17.7 Å². The van der Waals surface area contributed by atoms with Gasteiger partial charge in [-0.15, -0.1) is 0 Å². The van der Waals surface area contributed by atoms with Gasteiger partial charge in [0.15, 0.2) is 0 Å². The van der Waals surface area contributed by atoms with E-state index in [1.165, 1.54) is 18.2 Å². The van der Waals surface area contributed by atoms with E-state index in [2.05, 4.69) is 0 Å². The number of aliphatic carboxylic acids is 1. The number of rotatable bonds is 3. The number of phenolic OH excluding ortho intramolecular Hbond substituents is 1. The van der Waals surface area contributed by atoms with Gasteiger partial charge in [0.05, 0.1) is 0 Å². The average Bonchev–Trinajstić information content (AvgIpc) is 2.02. The SMILES string of the molecule is O=C(O)C(F)(F)Cc1cccc(O)c1. The molecule has 0 bridgehead atoms. The van der Waals surface area contributed by atoms with Crippen molar-refractivity contribution in [3.63, 3.8) is 0 Å². The number of carboxylic acid groups (broad SMARTS) is 1. The lowest BCUT2D eigenvalue weighted by Crippen LogP contribution is -2.30. The first-order valence-electron chi connectivity index (χ1n) is 3.81. The van der Waals surface area contributed by atoms with E-state index in [-0.39, 0.29) is 11.3 Å². The summed E-state index contributed by atoms with van der Waals surface area (Å²) in [6, 6.07) is 5.14. The second-order valence-electron chi connectivity index (χ2n) is 2.86. The van der Waals surface area contributed by atoms with E-state index in [0.29, 0.717) is 0 Å². The van der Waals surface area contributed by atoms with Crippen LogP contribution in [0.15, 0.2) is 24.3 Å². The van der Waals surface area contributed by atoms with Crippen molar-refractivity contribution in [1.29, 1.82) is 0 Å². The highest BCUT2D eigenvalue weighted by Gasteiger charge is 2.38. The van der Waals surface area contributed by atoms with Crippen LogP contribution in [0.1, 0.15) is 5.56 Å². The topological polar surface area (TPSA) is 57.5 Å². The van der Waals surface area contributed by atoms with Gasteiger partial charge < -0.3 is 10.2 Å². The molecule has 0 amide bonds. The monoisotopic (exact) mass is 202 g/mol. The fraction of sp³-hybridized carbons (Fsp3) is 0.222. The molecule has 3 nitrogen and oxygen atoms in total. The quantitative estimate of drug-likeness (QED) is 0.783. The molecular weight excluding hydrogens is 194 g/mol. The van der Waals surface area contributed by atoms with Crippen LogP contribution >= 0.6 is 0 Å². The van der Waals surface area contributed by atoms with E-state index < -0.39 is 18.3 Å². The van der Waals surface area contributed by atoms with Crippen molar-refractivity contribution in [2.24, 2.45) is 0 Å². The van der Waals surface area contributed by atoms with Crippen molar-refractivity contribution in [1.82, 2.24) is 0 Å². The zero-order chi connectivity index (χ0) is 10.8. The number of halogens is 2. The van der Waals surface area contributed by atoms with Gasteiger partial charge in [0.1, 0.15) is 5.75 Å². The van der Waals surface area contributed by atoms with Crippen LogP contribution in [0.5, 0.6) is 5.75 Å². The van der Waals surface area contributed by atoms with Crippen molar-refractivity contribution >= 4 is 5.97 Å². The fourth-order valence-electron chi connectivity index (χ4n) is 0.998. The molecule has 0 spiro atoms. The third-order valence-electron chi connectivity index (χ3n) is 1.65. The normalized spacial score (nSPS) is 11.3. The molecule has 76 valence electrons. The maximum absolute atomic E-state index is 12.7. The molecule has 0 atom stereocenters. The minimum atomic E-state index is -3.80. The Morgan fingerprint density at radius 2 is 2.07 bits per heavy atom. The number of alkyl halides is 2. The van der Waals surface area contributed by atoms with Crippen LogP contribution in [0.25, 0.3) is 0 Å². The van der Waals surface area contributed by atoms with Gasteiger partial charge in [-0.3, -0.25) is 0 Å². The molecule has 1 aromatic carbocycles. The van der Waals surface area contributed by atoms with Crippen LogP contribution in [0.3, 0.4) is 0 Å². The number of aromatic hydroxyl groups is 1. The van der Waals surface area contributed by atoms with E-state index in [1.807, 2.05) is 0 Å². The molecule has 0 saturated carbocycles. The third-order valence-corrected chi connectivity index (χ3v) is 1.65. The number of phenols is 1. The number of hydrogen-bond acceptors (Lipinski definition) is 2. The Hall–Kier alpha value is -1.65. The summed E-state index contributed by atoms with van der Waals surface area (Å²) >= 11 is 0. The number of benzene rings is 1. The minimum absolute atomic E-state index is 0.0809. The van der Waals surface area contributed by atoms with Gasteiger partial charge in [-0.25, -0.2) is 4.79 Å². The molecule has 0 unspecified atom stereocenters. The fourth-order valence-corrected chi connectivity index (χ4v) is 0.998. The first kappa shape index (κ1) is 10.4. The molecule has 14 heavy (non-hydrogen) atoms.